The molecule has 2 atom stereocenters. The number of carbonyl (C=O) groups excluding carboxylic acids is 1. The van der Waals surface area contributed by atoms with Gasteiger partial charge in [0.25, 0.3) is 0 Å². The van der Waals surface area contributed by atoms with Gasteiger partial charge < -0.3 is 10.7 Å². The normalized spacial score (nSPS) is 18.3. The summed E-state index contributed by atoms with van der Waals surface area (Å²) in [7, 11) is 0. The number of hydrogen-bond donors (Lipinski definition) is 2. The van der Waals surface area contributed by atoms with E-state index in [9.17, 15) is 4.79 Å². The SMILES string of the molecule is Cc1ccc([C@@H]2Nn3c(C)nnc3S[C@@H]2C(=O)Nc2cc(Cl)ccc2C)cc1. The number of rotatable bonds is 3. The first kappa shape index (κ1) is 18.8. The molecule has 1 aromatic heterocycles. The number of benzene rings is 2. The Morgan fingerprint density at radius 3 is 2.64 bits per heavy atom. The third-order valence-electron chi connectivity index (χ3n) is 4.75. The molecule has 1 aliphatic rings. The van der Waals surface area contributed by atoms with E-state index in [1.807, 2.05) is 61.8 Å². The maximum atomic E-state index is 13.2. The lowest BCUT2D eigenvalue weighted by Gasteiger charge is -2.33. The Bertz CT molecular complexity index is 1030. The fourth-order valence-corrected chi connectivity index (χ4v) is 4.41. The molecule has 0 unspecified atom stereocenters. The molecule has 3 aromatic rings. The van der Waals surface area contributed by atoms with Crippen LogP contribution in [0.15, 0.2) is 47.6 Å². The van der Waals surface area contributed by atoms with Gasteiger partial charge in [0.2, 0.25) is 11.1 Å². The van der Waals surface area contributed by atoms with Crippen LogP contribution in [0.4, 0.5) is 5.69 Å². The van der Waals surface area contributed by atoms with Crippen LogP contribution in [0.25, 0.3) is 0 Å². The number of aryl methyl sites for hydroxylation is 3. The molecule has 0 fully saturated rings. The average Bonchev–Trinajstić information content (AvgIpc) is 3.04. The molecular weight excluding hydrogens is 394 g/mol. The van der Waals surface area contributed by atoms with Crippen molar-refractivity contribution >= 4 is 35.0 Å². The van der Waals surface area contributed by atoms with Gasteiger partial charge in [-0.1, -0.05) is 59.3 Å². The molecule has 8 heteroatoms. The molecule has 0 bridgehead atoms. The molecule has 0 saturated heterocycles. The molecule has 0 radical (unpaired) electrons. The van der Waals surface area contributed by atoms with Crippen LogP contribution in [0.3, 0.4) is 0 Å². The smallest absolute Gasteiger partial charge is 0.240 e. The predicted molar refractivity (Wildman–Crippen MR) is 113 cm³/mol. The van der Waals surface area contributed by atoms with E-state index >= 15 is 0 Å². The second kappa shape index (κ2) is 7.48. The van der Waals surface area contributed by atoms with Crippen molar-refractivity contribution < 1.29 is 4.79 Å². The first-order valence-corrected chi connectivity index (χ1v) is 10.2. The highest BCUT2D eigenvalue weighted by Gasteiger charge is 2.37. The summed E-state index contributed by atoms with van der Waals surface area (Å²) in [6.45, 7) is 5.86. The summed E-state index contributed by atoms with van der Waals surface area (Å²) >= 11 is 7.51. The number of hydrogen-bond acceptors (Lipinski definition) is 5. The summed E-state index contributed by atoms with van der Waals surface area (Å²) in [5.74, 6) is 0.643. The zero-order valence-corrected chi connectivity index (χ0v) is 17.3. The fourth-order valence-electron chi connectivity index (χ4n) is 3.12. The maximum Gasteiger partial charge on any atom is 0.240 e. The van der Waals surface area contributed by atoms with Gasteiger partial charge in [-0.05, 0) is 44.0 Å². The van der Waals surface area contributed by atoms with Crippen LogP contribution in [0.2, 0.25) is 5.02 Å². The number of halogens is 1. The summed E-state index contributed by atoms with van der Waals surface area (Å²) in [5, 5.41) is 12.2. The molecule has 144 valence electrons. The standard InChI is InChI=1S/C20H20ClN5OS/c1-11-4-7-14(8-5-11)17-18(28-20-24-23-13(3)26(20)25-17)19(27)22-16-10-15(21)9-6-12(16)2/h4-10,17-18,25H,1-3H3,(H,22,27)/t17-,18-/m0/s1. The van der Waals surface area contributed by atoms with Crippen molar-refractivity contribution in [1.82, 2.24) is 14.9 Å². The molecule has 2 N–H and O–H groups in total. The molecule has 0 saturated carbocycles. The number of aromatic nitrogens is 3. The van der Waals surface area contributed by atoms with Gasteiger partial charge in [0.1, 0.15) is 11.1 Å². The Labute approximate surface area is 172 Å². The summed E-state index contributed by atoms with van der Waals surface area (Å²) in [6, 6.07) is 13.4. The molecule has 2 aromatic carbocycles. The monoisotopic (exact) mass is 413 g/mol. The number of thioether (sulfide) groups is 1. The number of nitrogens with one attached hydrogen (secondary N) is 2. The van der Waals surface area contributed by atoms with Crippen LogP contribution >= 0.6 is 23.4 Å². The van der Waals surface area contributed by atoms with Gasteiger partial charge in [-0.3, -0.25) is 4.79 Å². The van der Waals surface area contributed by atoms with Gasteiger partial charge in [0.05, 0.1) is 6.04 Å². The summed E-state index contributed by atoms with van der Waals surface area (Å²) in [5.41, 5.74) is 7.27. The quantitative estimate of drug-likeness (QED) is 0.671. The third kappa shape index (κ3) is 3.59. The van der Waals surface area contributed by atoms with E-state index in [0.29, 0.717) is 15.9 Å². The largest absolute Gasteiger partial charge is 0.325 e. The molecule has 2 heterocycles. The lowest BCUT2D eigenvalue weighted by atomic mass is 10.0. The highest BCUT2D eigenvalue weighted by molar-refractivity contribution is 8.00. The van der Waals surface area contributed by atoms with E-state index in [4.69, 9.17) is 11.6 Å². The van der Waals surface area contributed by atoms with Crippen molar-refractivity contribution in [1.29, 1.82) is 0 Å². The van der Waals surface area contributed by atoms with Crippen molar-refractivity contribution in [2.24, 2.45) is 0 Å². The van der Waals surface area contributed by atoms with Gasteiger partial charge in [-0.25, -0.2) is 4.68 Å². The first-order valence-electron chi connectivity index (χ1n) is 8.91. The van der Waals surface area contributed by atoms with Crippen LogP contribution in [0, 0.1) is 20.8 Å². The maximum absolute atomic E-state index is 13.2. The summed E-state index contributed by atoms with van der Waals surface area (Å²) in [6.07, 6.45) is 0. The van der Waals surface area contributed by atoms with Crippen LogP contribution in [0.1, 0.15) is 28.6 Å². The fraction of sp³-hybridized carbons (Fsp3) is 0.250. The van der Waals surface area contributed by atoms with Crippen molar-refractivity contribution in [3.63, 3.8) is 0 Å². The van der Waals surface area contributed by atoms with Gasteiger partial charge in [0, 0.05) is 10.7 Å². The highest BCUT2D eigenvalue weighted by Crippen LogP contribution is 2.37. The van der Waals surface area contributed by atoms with E-state index in [-0.39, 0.29) is 11.9 Å². The predicted octanol–water partition coefficient (Wildman–Crippen LogP) is 4.25. The Kier molecular flexibility index (Phi) is 5.03. The minimum atomic E-state index is -0.419. The van der Waals surface area contributed by atoms with E-state index in [0.717, 1.165) is 17.0 Å². The van der Waals surface area contributed by atoms with Crippen LogP contribution in [0.5, 0.6) is 0 Å². The van der Waals surface area contributed by atoms with Crippen molar-refractivity contribution in [3.05, 3.63) is 70.0 Å². The van der Waals surface area contributed by atoms with Crippen molar-refractivity contribution in [2.75, 3.05) is 10.7 Å². The number of amides is 1. The average molecular weight is 414 g/mol. The molecule has 1 amide bonds. The molecule has 4 rings (SSSR count). The molecular formula is C20H20ClN5OS. The number of nitrogens with zero attached hydrogens (tertiary/aromatic N) is 3. The van der Waals surface area contributed by atoms with Crippen molar-refractivity contribution in [2.45, 2.75) is 37.2 Å². The van der Waals surface area contributed by atoms with Gasteiger partial charge in [-0.2, -0.15) is 0 Å². The van der Waals surface area contributed by atoms with Gasteiger partial charge in [0.15, 0.2) is 0 Å². The minimum absolute atomic E-state index is 0.111. The Balaban J connectivity index is 1.68. The lowest BCUT2D eigenvalue weighted by Crippen LogP contribution is -2.41. The Morgan fingerprint density at radius 2 is 1.89 bits per heavy atom. The highest BCUT2D eigenvalue weighted by atomic mass is 35.5. The van der Waals surface area contributed by atoms with Crippen molar-refractivity contribution in [3.8, 4) is 0 Å². The number of anilines is 1. The van der Waals surface area contributed by atoms with E-state index < -0.39 is 5.25 Å². The van der Waals surface area contributed by atoms with E-state index in [2.05, 4.69) is 20.9 Å². The number of carbonyl (C=O) groups is 1. The first-order chi connectivity index (χ1) is 13.4. The lowest BCUT2D eigenvalue weighted by molar-refractivity contribution is -0.116. The van der Waals surface area contributed by atoms with E-state index in [1.54, 1.807) is 6.07 Å². The molecule has 0 spiro atoms. The Morgan fingerprint density at radius 1 is 1.14 bits per heavy atom. The second-order valence-corrected chi connectivity index (χ2v) is 8.41. The third-order valence-corrected chi connectivity index (χ3v) is 6.20. The zero-order chi connectivity index (χ0) is 19.8. The Hall–Kier alpha value is -2.51. The van der Waals surface area contributed by atoms with Gasteiger partial charge in [-0.15, -0.1) is 10.2 Å². The summed E-state index contributed by atoms with van der Waals surface area (Å²) < 4.78 is 1.84. The molecule has 28 heavy (non-hydrogen) atoms. The minimum Gasteiger partial charge on any atom is -0.325 e. The second-order valence-electron chi connectivity index (χ2n) is 6.87. The topological polar surface area (TPSA) is 71.8 Å². The number of fused-ring (bicyclic) bond motifs is 1. The summed E-state index contributed by atoms with van der Waals surface area (Å²) in [4.78, 5) is 13.2. The van der Waals surface area contributed by atoms with E-state index in [1.165, 1.54) is 17.3 Å². The van der Waals surface area contributed by atoms with Crippen LogP contribution in [-0.4, -0.2) is 26.0 Å². The molecule has 6 nitrogen and oxygen atoms in total. The van der Waals surface area contributed by atoms with Crippen LogP contribution < -0.4 is 10.7 Å². The van der Waals surface area contributed by atoms with Gasteiger partial charge >= 0.3 is 0 Å². The van der Waals surface area contributed by atoms with Crippen LogP contribution in [-0.2, 0) is 4.79 Å². The zero-order valence-electron chi connectivity index (χ0n) is 15.7. The molecule has 0 aliphatic carbocycles. The molecule has 1 aliphatic heterocycles.